The summed E-state index contributed by atoms with van der Waals surface area (Å²) >= 11 is 0. The molecule has 1 atom stereocenters. The van der Waals surface area contributed by atoms with Crippen molar-refractivity contribution in [2.24, 2.45) is 5.41 Å². The SMILES string of the molecule is CC1(C)CC(=O)N(Cc2ccccc2)C1C(=O)OCc1ccccc1. The molecule has 2 aromatic rings. The van der Waals surface area contributed by atoms with E-state index in [0.717, 1.165) is 11.1 Å². The summed E-state index contributed by atoms with van der Waals surface area (Å²) in [7, 11) is 0. The second-order valence-electron chi connectivity index (χ2n) is 7.17. The van der Waals surface area contributed by atoms with E-state index in [2.05, 4.69) is 0 Å². The number of amides is 1. The van der Waals surface area contributed by atoms with Gasteiger partial charge in [-0.1, -0.05) is 74.5 Å². The summed E-state index contributed by atoms with van der Waals surface area (Å²) in [6.45, 7) is 4.54. The number of esters is 1. The highest BCUT2D eigenvalue weighted by atomic mass is 16.5. The normalized spacial score (nSPS) is 19.0. The molecule has 2 aromatic carbocycles. The predicted octanol–water partition coefficient (Wildman–Crippen LogP) is 3.56. The third kappa shape index (κ3) is 3.90. The van der Waals surface area contributed by atoms with Gasteiger partial charge in [0.1, 0.15) is 12.6 Å². The molecule has 1 unspecified atom stereocenters. The van der Waals surface area contributed by atoms with E-state index in [1.165, 1.54) is 0 Å². The summed E-state index contributed by atoms with van der Waals surface area (Å²) in [4.78, 5) is 26.9. The van der Waals surface area contributed by atoms with Crippen LogP contribution in [0.3, 0.4) is 0 Å². The third-order valence-corrected chi connectivity index (χ3v) is 4.62. The quantitative estimate of drug-likeness (QED) is 0.784. The van der Waals surface area contributed by atoms with Gasteiger partial charge in [-0.05, 0) is 11.1 Å². The highest BCUT2D eigenvalue weighted by molar-refractivity contribution is 5.89. The topological polar surface area (TPSA) is 46.6 Å². The smallest absolute Gasteiger partial charge is 0.329 e. The van der Waals surface area contributed by atoms with Gasteiger partial charge in [0.2, 0.25) is 5.91 Å². The van der Waals surface area contributed by atoms with Crippen LogP contribution >= 0.6 is 0 Å². The molecule has 0 spiro atoms. The van der Waals surface area contributed by atoms with Gasteiger partial charge in [-0.3, -0.25) is 4.79 Å². The van der Waals surface area contributed by atoms with E-state index in [1.807, 2.05) is 74.5 Å². The number of hydrogen-bond donors (Lipinski definition) is 0. The Morgan fingerprint density at radius 2 is 1.60 bits per heavy atom. The Kier molecular flexibility index (Phi) is 4.88. The molecule has 0 radical (unpaired) electrons. The maximum absolute atomic E-state index is 12.8. The Morgan fingerprint density at radius 1 is 1.04 bits per heavy atom. The molecular weight excluding hydrogens is 314 g/mol. The average molecular weight is 337 g/mol. The number of benzene rings is 2. The highest BCUT2D eigenvalue weighted by Gasteiger charge is 2.50. The van der Waals surface area contributed by atoms with Crippen molar-refractivity contribution < 1.29 is 14.3 Å². The molecule has 3 rings (SSSR count). The number of likely N-dealkylation sites (tertiary alicyclic amines) is 1. The number of carbonyl (C=O) groups is 2. The fourth-order valence-corrected chi connectivity index (χ4v) is 3.37. The fourth-order valence-electron chi connectivity index (χ4n) is 3.37. The Morgan fingerprint density at radius 3 is 2.20 bits per heavy atom. The van der Waals surface area contributed by atoms with Crippen LogP contribution in [0.15, 0.2) is 60.7 Å². The zero-order chi connectivity index (χ0) is 17.9. The lowest BCUT2D eigenvalue weighted by atomic mass is 9.84. The number of nitrogens with zero attached hydrogens (tertiary/aromatic N) is 1. The summed E-state index contributed by atoms with van der Waals surface area (Å²) in [5, 5.41) is 0. The molecule has 1 aliphatic rings. The number of ether oxygens (including phenoxy) is 1. The first-order chi connectivity index (χ1) is 12.0. The van der Waals surface area contributed by atoms with Crippen molar-refractivity contribution in [2.45, 2.75) is 39.5 Å². The van der Waals surface area contributed by atoms with Gasteiger partial charge >= 0.3 is 5.97 Å². The molecule has 0 bridgehead atoms. The second-order valence-corrected chi connectivity index (χ2v) is 7.17. The van der Waals surface area contributed by atoms with Gasteiger partial charge in [0.05, 0.1) is 0 Å². The largest absolute Gasteiger partial charge is 0.459 e. The maximum Gasteiger partial charge on any atom is 0.329 e. The van der Waals surface area contributed by atoms with Crippen LogP contribution in [0.5, 0.6) is 0 Å². The van der Waals surface area contributed by atoms with E-state index in [0.29, 0.717) is 13.0 Å². The highest BCUT2D eigenvalue weighted by Crippen LogP contribution is 2.38. The van der Waals surface area contributed by atoms with E-state index in [1.54, 1.807) is 4.90 Å². The zero-order valence-corrected chi connectivity index (χ0v) is 14.6. The van der Waals surface area contributed by atoms with E-state index in [4.69, 9.17) is 4.74 Å². The third-order valence-electron chi connectivity index (χ3n) is 4.62. The number of hydrogen-bond acceptors (Lipinski definition) is 3. The van der Waals surface area contributed by atoms with Crippen molar-refractivity contribution in [3.05, 3.63) is 71.8 Å². The predicted molar refractivity (Wildman–Crippen MR) is 95.4 cm³/mol. The Bertz CT molecular complexity index is 740. The summed E-state index contributed by atoms with van der Waals surface area (Å²) in [6, 6.07) is 18.7. The lowest BCUT2D eigenvalue weighted by Crippen LogP contribution is -2.44. The zero-order valence-electron chi connectivity index (χ0n) is 14.6. The van der Waals surface area contributed by atoms with Crippen LogP contribution in [-0.2, 0) is 27.5 Å². The number of rotatable bonds is 5. The molecule has 0 saturated carbocycles. The molecule has 0 aromatic heterocycles. The lowest BCUT2D eigenvalue weighted by Gasteiger charge is -2.30. The van der Waals surface area contributed by atoms with Gasteiger partial charge in [-0.15, -0.1) is 0 Å². The van der Waals surface area contributed by atoms with Crippen LogP contribution in [0.4, 0.5) is 0 Å². The van der Waals surface area contributed by atoms with Crippen LogP contribution in [0.1, 0.15) is 31.4 Å². The van der Waals surface area contributed by atoms with Crippen molar-refractivity contribution in [1.29, 1.82) is 0 Å². The summed E-state index contributed by atoms with van der Waals surface area (Å²) < 4.78 is 5.53. The monoisotopic (exact) mass is 337 g/mol. The first-order valence-corrected chi connectivity index (χ1v) is 8.51. The van der Waals surface area contributed by atoms with E-state index in [9.17, 15) is 9.59 Å². The van der Waals surface area contributed by atoms with Gasteiger partial charge in [0.25, 0.3) is 0 Å². The van der Waals surface area contributed by atoms with Crippen LogP contribution in [0.2, 0.25) is 0 Å². The molecule has 4 heteroatoms. The van der Waals surface area contributed by atoms with Crippen molar-refractivity contribution in [2.75, 3.05) is 0 Å². The Balaban J connectivity index is 1.75. The summed E-state index contributed by atoms with van der Waals surface area (Å²) in [6.07, 6.45) is 0.352. The van der Waals surface area contributed by atoms with Crippen molar-refractivity contribution >= 4 is 11.9 Å². The molecule has 4 nitrogen and oxygen atoms in total. The van der Waals surface area contributed by atoms with Gasteiger partial charge in [-0.25, -0.2) is 4.79 Å². The molecular formula is C21H23NO3. The second kappa shape index (κ2) is 7.09. The average Bonchev–Trinajstić information content (AvgIpc) is 2.83. The van der Waals surface area contributed by atoms with Crippen molar-refractivity contribution in [3.63, 3.8) is 0 Å². The summed E-state index contributed by atoms with van der Waals surface area (Å²) in [5.41, 5.74) is 1.50. The fraction of sp³-hybridized carbons (Fsp3) is 0.333. The molecule has 0 aliphatic carbocycles. The van der Waals surface area contributed by atoms with Crippen LogP contribution in [0, 0.1) is 5.41 Å². The summed E-state index contributed by atoms with van der Waals surface area (Å²) in [5.74, 6) is -0.342. The minimum absolute atomic E-state index is 0.00415. The molecule has 1 amide bonds. The van der Waals surface area contributed by atoms with Gasteiger partial charge in [0.15, 0.2) is 0 Å². The molecule has 130 valence electrons. The number of carbonyl (C=O) groups excluding carboxylic acids is 2. The van der Waals surface area contributed by atoms with Crippen LogP contribution < -0.4 is 0 Å². The molecule has 1 saturated heterocycles. The van der Waals surface area contributed by atoms with Crippen LogP contribution in [-0.4, -0.2) is 22.8 Å². The Labute approximate surface area is 148 Å². The lowest BCUT2D eigenvalue weighted by molar-refractivity contribution is -0.156. The molecule has 0 N–H and O–H groups in total. The van der Waals surface area contributed by atoms with E-state index >= 15 is 0 Å². The first kappa shape index (κ1) is 17.2. The minimum atomic E-state index is -0.566. The molecule has 1 heterocycles. The minimum Gasteiger partial charge on any atom is -0.459 e. The molecule has 1 aliphatic heterocycles. The van der Waals surface area contributed by atoms with E-state index in [-0.39, 0.29) is 18.5 Å². The van der Waals surface area contributed by atoms with Crippen molar-refractivity contribution in [3.8, 4) is 0 Å². The Hall–Kier alpha value is -2.62. The first-order valence-electron chi connectivity index (χ1n) is 8.51. The van der Waals surface area contributed by atoms with E-state index < -0.39 is 11.5 Å². The standard InChI is InChI=1S/C21H23NO3/c1-21(2)13-18(23)22(14-16-9-5-3-6-10-16)19(21)20(24)25-15-17-11-7-4-8-12-17/h3-12,19H,13-15H2,1-2H3. The van der Waals surface area contributed by atoms with Gasteiger partial charge < -0.3 is 9.64 Å². The van der Waals surface area contributed by atoms with Gasteiger partial charge in [0, 0.05) is 18.4 Å². The van der Waals surface area contributed by atoms with Crippen LogP contribution in [0.25, 0.3) is 0 Å². The molecule has 1 fully saturated rings. The van der Waals surface area contributed by atoms with Crippen molar-refractivity contribution in [1.82, 2.24) is 4.90 Å². The van der Waals surface area contributed by atoms with Gasteiger partial charge in [-0.2, -0.15) is 0 Å². The molecule has 25 heavy (non-hydrogen) atoms. The maximum atomic E-state index is 12.8.